The number of rotatable bonds is 4. The Morgan fingerprint density at radius 1 is 1.04 bits per heavy atom. The van der Waals surface area contributed by atoms with E-state index in [1.54, 1.807) is 6.07 Å². The van der Waals surface area contributed by atoms with Gasteiger partial charge in [-0.2, -0.15) is 0 Å². The van der Waals surface area contributed by atoms with Crippen molar-refractivity contribution in [1.29, 1.82) is 0 Å². The smallest absolute Gasteiger partial charge is 0.238 e. The van der Waals surface area contributed by atoms with Crippen molar-refractivity contribution in [3.63, 3.8) is 0 Å². The molecular weight excluding hydrogens is 334 g/mol. The van der Waals surface area contributed by atoms with Crippen LogP contribution in [0.1, 0.15) is 19.3 Å². The summed E-state index contributed by atoms with van der Waals surface area (Å²) in [6.45, 7) is 4.50. The van der Waals surface area contributed by atoms with Crippen molar-refractivity contribution < 1.29 is 19.1 Å². The number of ether oxygens (including phenoxy) is 2. The van der Waals surface area contributed by atoms with Gasteiger partial charge in [0.1, 0.15) is 13.2 Å². The molecule has 2 aliphatic heterocycles. The summed E-state index contributed by atoms with van der Waals surface area (Å²) in [5.41, 5.74) is 0.708. The molecule has 4 rings (SSSR count). The molecule has 140 valence electrons. The van der Waals surface area contributed by atoms with Gasteiger partial charge >= 0.3 is 0 Å². The van der Waals surface area contributed by atoms with Crippen LogP contribution >= 0.6 is 0 Å². The summed E-state index contributed by atoms with van der Waals surface area (Å²) in [6, 6.07) is 5.44. The molecule has 2 heterocycles. The number of benzene rings is 1. The highest BCUT2D eigenvalue weighted by molar-refractivity contribution is 5.92. The van der Waals surface area contributed by atoms with Crippen LogP contribution in [-0.2, 0) is 9.59 Å². The molecule has 1 saturated heterocycles. The summed E-state index contributed by atoms with van der Waals surface area (Å²) in [4.78, 5) is 28.7. The first-order valence-corrected chi connectivity index (χ1v) is 9.40. The summed E-state index contributed by atoms with van der Waals surface area (Å²) in [6.07, 6.45) is 2.99. The maximum absolute atomic E-state index is 12.4. The van der Waals surface area contributed by atoms with E-state index in [4.69, 9.17) is 9.47 Å². The third-order valence-electron chi connectivity index (χ3n) is 5.02. The van der Waals surface area contributed by atoms with E-state index in [1.165, 1.54) is 0 Å². The Bertz CT molecular complexity index is 689. The lowest BCUT2D eigenvalue weighted by atomic mass is 10.2. The average Bonchev–Trinajstić information content (AvgIpc) is 3.49. The Balaban J connectivity index is 1.28. The Morgan fingerprint density at radius 3 is 2.65 bits per heavy atom. The van der Waals surface area contributed by atoms with Gasteiger partial charge in [0.15, 0.2) is 11.5 Å². The van der Waals surface area contributed by atoms with Gasteiger partial charge in [0.05, 0.1) is 6.54 Å². The van der Waals surface area contributed by atoms with Gasteiger partial charge < -0.3 is 19.7 Å². The molecule has 1 saturated carbocycles. The average molecular weight is 359 g/mol. The van der Waals surface area contributed by atoms with Crippen molar-refractivity contribution in [1.82, 2.24) is 9.80 Å². The van der Waals surface area contributed by atoms with Crippen LogP contribution in [0.4, 0.5) is 5.69 Å². The number of hydrogen-bond acceptors (Lipinski definition) is 5. The minimum absolute atomic E-state index is 0.0522. The number of nitrogens with one attached hydrogen (secondary N) is 1. The zero-order chi connectivity index (χ0) is 17.9. The zero-order valence-corrected chi connectivity index (χ0v) is 14.9. The van der Waals surface area contributed by atoms with Gasteiger partial charge in [-0.1, -0.05) is 0 Å². The van der Waals surface area contributed by atoms with Gasteiger partial charge in [-0.15, -0.1) is 0 Å². The molecule has 1 aromatic carbocycles. The van der Waals surface area contributed by atoms with Crippen molar-refractivity contribution in [3.8, 4) is 11.5 Å². The molecule has 3 aliphatic rings. The molecule has 0 spiro atoms. The molecule has 0 radical (unpaired) electrons. The highest BCUT2D eigenvalue weighted by Crippen LogP contribution is 2.33. The largest absolute Gasteiger partial charge is 0.486 e. The second-order valence-corrected chi connectivity index (χ2v) is 7.14. The van der Waals surface area contributed by atoms with Crippen LogP contribution in [0.3, 0.4) is 0 Å². The minimum Gasteiger partial charge on any atom is -0.486 e. The van der Waals surface area contributed by atoms with Gasteiger partial charge in [0, 0.05) is 43.9 Å². The molecular formula is C19H25N3O4. The van der Waals surface area contributed by atoms with Gasteiger partial charge in [0.2, 0.25) is 11.8 Å². The fourth-order valence-electron chi connectivity index (χ4n) is 3.46. The first kappa shape index (κ1) is 17.1. The van der Waals surface area contributed by atoms with Crippen LogP contribution in [0, 0.1) is 5.92 Å². The van der Waals surface area contributed by atoms with Crippen LogP contribution in [0.2, 0.25) is 0 Å². The number of amides is 2. The van der Waals surface area contributed by atoms with Crippen molar-refractivity contribution >= 4 is 17.5 Å². The SMILES string of the molecule is O=C(CN1CCCN(C(=O)C2CC2)CC1)Nc1ccc2c(c1)OCCO2. The third-order valence-corrected chi connectivity index (χ3v) is 5.02. The molecule has 1 N–H and O–H groups in total. The number of fused-ring (bicyclic) bond motifs is 1. The standard InChI is InChI=1S/C19H25N3O4/c23-18(20-15-4-5-16-17(12-15)26-11-10-25-16)13-21-6-1-7-22(9-8-21)19(24)14-2-3-14/h4-5,12,14H,1-3,6-11,13H2,(H,20,23). The van der Waals surface area contributed by atoms with Gasteiger partial charge in [-0.05, 0) is 31.4 Å². The van der Waals surface area contributed by atoms with E-state index in [9.17, 15) is 9.59 Å². The maximum Gasteiger partial charge on any atom is 0.238 e. The van der Waals surface area contributed by atoms with Gasteiger partial charge in [-0.25, -0.2) is 0 Å². The van der Waals surface area contributed by atoms with E-state index in [0.29, 0.717) is 49.4 Å². The topological polar surface area (TPSA) is 71.1 Å². The number of anilines is 1. The van der Waals surface area contributed by atoms with E-state index < -0.39 is 0 Å². The molecule has 2 fully saturated rings. The summed E-state index contributed by atoms with van der Waals surface area (Å²) < 4.78 is 11.0. The Morgan fingerprint density at radius 2 is 1.85 bits per heavy atom. The molecule has 7 nitrogen and oxygen atoms in total. The number of hydrogen-bond donors (Lipinski definition) is 1. The minimum atomic E-state index is -0.0522. The molecule has 26 heavy (non-hydrogen) atoms. The normalized spacial score (nSPS) is 20.4. The van der Waals surface area contributed by atoms with E-state index in [1.807, 2.05) is 17.0 Å². The molecule has 0 aromatic heterocycles. The Hall–Kier alpha value is -2.28. The first-order chi connectivity index (χ1) is 12.7. The summed E-state index contributed by atoms with van der Waals surface area (Å²) in [7, 11) is 0. The van der Waals surface area contributed by atoms with Crippen molar-refractivity contribution in [3.05, 3.63) is 18.2 Å². The lowest BCUT2D eigenvalue weighted by Crippen LogP contribution is -2.38. The van der Waals surface area contributed by atoms with E-state index in [0.717, 1.165) is 38.9 Å². The molecule has 1 aromatic rings. The predicted octanol–water partition coefficient (Wildman–Crippen LogP) is 1.34. The second-order valence-electron chi connectivity index (χ2n) is 7.14. The fourth-order valence-corrected chi connectivity index (χ4v) is 3.46. The highest BCUT2D eigenvalue weighted by atomic mass is 16.6. The lowest BCUT2D eigenvalue weighted by molar-refractivity contribution is -0.132. The van der Waals surface area contributed by atoms with Gasteiger partial charge in [-0.3, -0.25) is 14.5 Å². The van der Waals surface area contributed by atoms with Crippen LogP contribution in [0.25, 0.3) is 0 Å². The molecule has 2 amide bonds. The fraction of sp³-hybridized carbons (Fsp3) is 0.579. The maximum atomic E-state index is 12.4. The van der Waals surface area contributed by atoms with Crippen molar-refractivity contribution in [2.24, 2.45) is 5.92 Å². The number of carbonyl (C=O) groups is 2. The Labute approximate surface area is 153 Å². The summed E-state index contributed by atoms with van der Waals surface area (Å²) in [5, 5.41) is 2.93. The first-order valence-electron chi connectivity index (χ1n) is 9.40. The molecule has 0 bridgehead atoms. The van der Waals surface area contributed by atoms with E-state index >= 15 is 0 Å². The van der Waals surface area contributed by atoms with Crippen LogP contribution in [0.15, 0.2) is 18.2 Å². The molecule has 0 unspecified atom stereocenters. The number of nitrogens with zero attached hydrogens (tertiary/aromatic N) is 2. The number of carbonyl (C=O) groups excluding carboxylic acids is 2. The van der Waals surface area contributed by atoms with E-state index in [-0.39, 0.29) is 11.8 Å². The zero-order valence-electron chi connectivity index (χ0n) is 14.9. The monoisotopic (exact) mass is 359 g/mol. The van der Waals surface area contributed by atoms with E-state index in [2.05, 4.69) is 10.2 Å². The predicted molar refractivity (Wildman–Crippen MR) is 96.4 cm³/mol. The molecule has 7 heteroatoms. The van der Waals surface area contributed by atoms with Gasteiger partial charge in [0.25, 0.3) is 0 Å². The highest BCUT2D eigenvalue weighted by Gasteiger charge is 2.34. The van der Waals surface area contributed by atoms with Crippen LogP contribution in [-0.4, -0.2) is 67.6 Å². The third kappa shape index (κ3) is 4.09. The molecule has 1 aliphatic carbocycles. The lowest BCUT2D eigenvalue weighted by Gasteiger charge is -2.22. The quantitative estimate of drug-likeness (QED) is 0.878. The van der Waals surface area contributed by atoms with Crippen LogP contribution in [0.5, 0.6) is 11.5 Å². The molecule has 0 atom stereocenters. The summed E-state index contributed by atoms with van der Waals surface area (Å²) in [5.74, 6) is 1.89. The summed E-state index contributed by atoms with van der Waals surface area (Å²) >= 11 is 0. The van der Waals surface area contributed by atoms with Crippen molar-refractivity contribution in [2.45, 2.75) is 19.3 Å². The Kier molecular flexibility index (Phi) is 4.97. The van der Waals surface area contributed by atoms with Crippen molar-refractivity contribution in [2.75, 3.05) is 51.3 Å². The second kappa shape index (κ2) is 7.53. The van der Waals surface area contributed by atoms with Crippen LogP contribution < -0.4 is 14.8 Å².